The average Bonchev–Trinajstić information content (AvgIpc) is 2.72. The number of nitrogens with zero attached hydrogens (tertiary/aromatic N) is 1. The molecule has 0 saturated heterocycles. The molecule has 3 aliphatic rings. The number of Topliss-reactive ketones (excluding diaryl/α,β-unsaturated/α-hetero) is 4. The number of aromatic hydroxyl groups is 1. The second-order valence-electron chi connectivity index (χ2n) is 9.36. The molecule has 33 heavy (non-hydrogen) atoms. The first kappa shape index (κ1) is 24.0. The summed E-state index contributed by atoms with van der Waals surface area (Å²) in [5.74, 6) is -10.1. The molecule has 0 aromatic heterocycles. The Bertz CT molecular complexity index is 1130. The quantitative estimate of drug-likeness (QED) is 0.341. The van der Waals surface area contributed by atoms with Gasteiger partial charge in [0.25, 0.3) is 0 Å². The Hall–Kier alpha value is -2.18. The van der Waals surface area contributed by atoms with Crippen LogP contribution in [0.5, 0.6) is 5.75 Å². The van der Waals surface area contributed by atoms with Crippen LogP contribution in [-0.2, 0) is 32.0 Å². The maximum atomic E-state index is 13.7. The van der Waals surface area contributed by atoms with Crippen molar-refractivity contribution < 1.29 is 34.2 Å². The van der Waals surface area contributed by atoms with Gasteiger partial charge >= 0.3 is 0 Å². The SMILES string of the molecule is CCc1cc(I)c(O)c2c1C[C@@H]1C[C@@H]3[C@@H](N(C)C)C(=O)C(C(N)=O)C(=O)[C@]3(O)C(=O)C1C2=O. The third-order valence-corrected chi connectivity index (χ3v) is 8.31. The van der Waals surface area contributed by atoms with E-state index in [-0.39, 0.29) is 17.7 Å². The summed E-state index contributed by atoms with van der Waals surface area (Å²) in [5, 5.41) is 22.2. The molecule has 176 valence electrons. The normalized spacial score (nSPS) is 33.6. The Balaban J connectivity index is 1.90. The zero-order valence-electron chi connectivity index (χ0n) is 18.4. The maximum absolute atomic E-state index is 13.7. The third kappa shape index (κ3) is 3.13. The van der Waals surface area contributed by atoms with Gasteiger partial charge in [-0.1, -0.05) is 6.92 Å². The monoisotopic (exact) mass is 568 g/mol. The molecule has 1 aromatic rings. The molecule has 10 heteroatoms. The summed E-state index contributed by atoms with van der Waals surface area (Å²) in [4.78, 5) is 66.9. The fourth-order valence-corrected chi connectivity index (χ4v) is 6.67. The van der Waals surface area contributed by atoms with Crippen molar-refractivity contribution >= 4 is 51.6 Å². The van der Waals surface area contributed by atoms with Crippen molar-refractivity contribution in [2.75, 3.05) is 14.1 Å². The van der Waals surface area contributed by atoms with Gasteiger partial charge in [-0.3, -0.25) is 28.9 Å². The van der Waals surface area contributed by atoms with Crippen molar-refractivity contribution in [1.29, 1.82) is 0 Å². The van der Waals surface area contributed by atoms with E-state index in [1.54, 1.807) is 20.2 Å². The number of primary amides is 1. The molecule has 2 unspecified atom stereocenters. The second kappa shape index (κ2) is 7.95. The minimum absolute atomic E-state index is 0.0466. The van der Waals surface area contributed by atoms with Crippen LogP contribution >= 0.6 is 22.6 Å². The van der Waals surface area contributed by atoms with Gasteiger partial charge in [-0.2, -0.15) is 0 Å². The zero-order chi connectivity index (χ0) is 24.6. The number of likely N-dealkylation sites (N-methyl/N-ethyl adjacent to an activating group) is 1. The van der Waals surface area contributed by atoms with E-state index in [2.05, 4.69) is 0 Å². The van der Waals surface area contributed by atoms with Gasteiger partial charge < -0.3 is 15.9 Å². The summed E-state index contributed by atoms with van der Waals surface area (Å²) in [6, 6.07) is 0.708. The van der Waals surface area contributed by atoms with E-state index in [1.165, 1.54) is 4.90 Å². The van der Waals surface area contributed by atoms with Crippen LogP contribution in [0.1, 0.15) is 34.8 Å². The molecule has 3 aliphatic carbocycles. The Labute approximate surface area is 203 Å². The van der Waals surface area contributed by atoms with Crippen molar-refractivity contribution in [2.24, 2.45) is 29.4 Å². The number of hydrogen-bond donors (Lipinski definition) is 3. The first-order valence-electron chi connectivity index (χ1n) is 10.8. The lowest BCUT2D eigenvalue weighted by Gasteiger charge is -2.52. The number of carbonyl (C=O) groups excluding carboxylic acids is 5. The topological polar surface area (TPSA) is 155 Å². The number of benzene rings is 1. The average molecular weight is 568 g/mol. The number of halogens is 1. The molecule has 9 nitrogen and oxygen atoms in total. The van der Waals surface area contributed by atoms with Crippen LogP contribution in [0.2, 0.25) is 0 Å². The fourth-order valence-electron chi connectivity index (χ4n) is 6.03. The number of amides is 1. The minimum atomic E-state index is -2.69. The molecular weight excluding hydrogens is 543 g/mol. The van der Waals surface area contributed by atoms with Gasteiger partial charge in [-0.15, -0.1) is 0 Å². The van der Waals surface area contributed by atoms with Crippen LogP contribution < -0.4 is 5.73 Å². The Kier molecular flexibility index (Phi) is 5.77. The summed E-state index contributed by atoms with van der Waals surface area (Å²) in [6.07, 6.45) is 0.960. The van der Waals surface area contributed by atoms with Gasteiger partial charge in [0.2, 0.25) is 5.91 Å². The van der Waals surface area contributed by atoms with Crippen LogP contribution in [0.25, 0.3) is 0 Å². The Morgan fingerprint density at radius 1 is 1.24 bits per heavy atom. The summed E-state index contributed by atoms with van der Waals surface area (Å²) in [6.45, 7) is 1.93. The van der Waals surface area contributed by atoms with Crippen molar-refractivity contribution in [1.82, 2.24) is 4.90 Å². The van der Waals surface area contributed by atoms with Crippen molar-refractivity contribution in [2.45, 2.75) is 37.8 Å². The summed E-state index contributed by atoms with van der Waals surface area (Å²) in [7, 11) is 3.12. The van der Waals surface area contributed by atoms with Crippen LogP contribution in [0.3, 0.4) is 0 Å². The second-order valence-corrected chi connectivity index (χ2v) is 10.5. The Morgan fingerprint density at radius 2 is 1.88 bits per heavy atom. The molecule has 0 bridgehead atoms. The molecular formula is C23H25IN2O7. The number of hydrogen-bond acceptors (Lipinski definition) is 8. The minimum Gasteiger partial charge on any atom is -0.506 e. The molecule has 1 aromatic carbocycles. The van der Waals surface area contributed by atoms with E-state index in [1.807, 2.05) is 29.5 Å². The number of phenols is 1. The van der Waals surface area contributed by atoms with Crippen molar-refractivity contribution in [3.8, 4) is 5.75 Å². The lowest BCUT2D eigenvalue weighted by Crippen LogP contribution is -2.74. The van der Waals surface area contributed by atoms with Crippen molar-refractivity contribution in [3.63, 3.8) is 0 Å². The van der Waals surface area contributed by atoms with Crippen LogP contribution in [-0.4, -0.2) is 69.9 Å². The Morgan fingerprint density at radius 3 is 2.42 bits per heavy atom. The van der Waals surface area contributed by atoms with Gasteiger partial charge in [0, 0.05) is 5.92 Å². The molecule has 2 fully saturated rings. The summed E-state index contributed by atoms with van der Waals surface area (Å²) < 4.78 is 0.468. The molecule has 4 rings (SSSR count). The number of carbonyl (C=O) groups is 5. The first-order valence-corrected chi connectivity index (χ1v) is 11.8. The molecule has 0 aliphatic heterocycles. The summed E-state index contributed by atoms with van der Waals surface area (Å²) >= 11 is 1.92. The van der Waals surface area contributed by atoms with Crippen LogP contribution in [0, 0.1) is 27.2 Å². The van der Waals surface area contributed by atoms with E-state index in [4.69, 9.17) is 5.73 Å². The van der Waals surface area contributed by atoms with E-state index >= 15 is 0 Å². The zero-order valence-corrected chi connectivity index (χ0v) is 20.6. The van der Waals surface area contributed by atoms with E-state index in [0.29, 0.717) is 22.0 Å². The number of aryl methyl sites for hydroxylation is 1. The molecule has 6 atom stereocenters. The number of nitrogens with two attached hydrogens (primary N) is 1. The molecule has 2 saturated carbocycles. The highest BCUT2D eigenvalue weighted by molar-refractivity contribution is 14.1. The number of ketones is 4. The summed E-state index contributed by atoms with van der Waals surface area (Å²) in [5.41, 5.74) is 4.19. The van der Waals surface area contributed by atoms with E-state index in [9.17, 15) is 34.2 Å². The van der Waals surface area contributed by atoms with E-state index < -0.39 is 64.4 Å². The number of aliphatic hydroxyl groups is 1. The highest BCUT2D eigenvalue weighted by Crippen LogP contribution is 2.51. The van der Waals surface area contributed by atoms with Crippen molar-refractivity contribution in [3.05, 3.63) is 26.3 Å². The van der Waals surface area contributed by atoms with Gasteiger partial charge in [-0.05, 0) is 79.1 Å². The fraction of sp³-hybridized carbons (Fsp3) is 0.522. The standard InChI is InChI=1S/C23H25IN2O7/c1-4-8-7-12(24)17(27)14-10(8)5-9-6-11-16(26(2)3)19(29)15(22(25)32)21(31)23(11,33)20(30)13(9)18(14)28/h7,9,11,13,15-16,27,33H,4-6H2,1-3H3,(H2,25,32)/t9-,11-,13?,15?,16-,23-/m1/s1. The van der Waals surface area contributed by atoms with Crippen LogP contribution in [0.4, 0.5) is 0 Å². The first-order chi connectivity index (χ1) is 15.4. The third-order valence-electron chi connectivity index (χ3n) is 7.49. The molecule has 0 radical (unpaired) electrons. The molecule has 1 amide bonds. The largest absolute Gasteiger partial charge is 0.506 e. The lowest BCUT2D eigenvalue weighted by molar-refractivity contribution is -0.181. The van der Waals surface area contributed by atoms with Crippen LogP contribution in [0.15, 0.2) is 6.07 Å². The highest BCUT2D eigenvalue weighted by atomic mass is 127. The lowest BCUT2D eigenvalue weighted by atomic mass is 9.52. The smallest absolute Gasteiger partial charge is 0.235 e. The van der Waals surface area contributed by atoms with Gasteiger partial charge in [0.05, 0.1) is 21.1 Å². The van der Waals surface area contributed by atoms with Gasteiger partial charge in [-0.25, -0.2) is 0 Å². The number of rotatable bonds is 3. The number of phenolic OH excluding ortho intramolecular Hbond substituents is 1. The molecule has 4 N–H and O–H groups in total. The van der Waals surface area contributed by atoms with Gasteiger partial charge in [0.15, 0.2) is 34.7 Å². The van der Waals surface area contributed by atoms with E-state index in [0.717, 1.165) is 5.56 Å². The maximum Gasteiger partial charge on any atom is 0.235 e. The molecule has 0 heterocycles. The predicted molar refractivity (Wildman–Crippen MR) is 123 cm³/mol. The highest BCUT2D eigenvalue weighted by Gasteiger charge is 2.69. The predicted octanol–water partition coefficient (Wildman–Crippen LogP) is 0.0340. The van der Waals surface area contributed by atoms with Gasteiger partial charge in [0.1, 0.15) is 5.75 Å². The molecule has 0 spiro atoms. The number of fused-ring (bicyclic) bond motifs is 3.